The summed E-state index contributed by atoms with van der Waals surface area (Å²) >= 11 is 0. The number of aromatic nitrogens is 1. The zero-order chi connectivity index (χ0) is 19.2. The molecule has 0 radical (unpaired) electrons. The number of rotatable bonds is 6. The number of likely N-dealkylation sites (tertiary alicyclic amines) is 1. The molecule has 1 atom stereocenters. The zero-order valence-electron chi connectivity index (χ0n) is 16.0. The van der Waals surface area contributed by atoms with Crippen molar-refractivity contribution in [2.24, 2.45) is 5.92 Å². The first kappa shape index (κ1) is 19.0. The number of aryl methyl sites for hydroxylation is 1. The van der Waals surface area contributed by atoms with Crippen LogP contribution in [0.3, 0.4) is 0 Å². The summed E-state index contributed by atoms with van der Waals surface area (Å²) in [5.41, 5.74) is 2.42. The highest BCUT2D eigenvalue weighted by Crippen LogP contribution is 2.24. The van der Waals surface area contributed by atoms with E-state index < -0.39 is 0 Å². The lowest BCUT2D eigenvalue weighted by molar-refractivity contribution is -0.116. The molecular weight excluding hydrogens is 342 g/mol. The molecule has 1 aliphatic rings. The van der Waals surface area contributed by atoms with Crippen LogP contribution in [-0.2, 0) is 4.79 Å². The first-order chi connectivity index (χ1) is 13.1. The van der Waals surface area contributed by atoms with Gasteiger partial charge in [-0.25, -0.2) is 0 Å². The van der Waals surface area contributed by atoms with Gasteiger partial charge in [-0.15, -0.1) is 0 Å². The fourth-order valence-corrected chi connectivity index (χ4v) is 3.57. The Morgan fingerprint density at radius 1 is 1.33 bits per heavy atom. The number of ether oxygens (including phenoxy) is 1. The zero-order valence-corrected chi connectivity index (χ0v) is 16.0. The van der Waals surface area contributed by atoms with Crippen molar-refractivity contribution >= 4 is 17.5 Å². The maximum Gasteiger partial charge on any atom is 0.270 e. The number of carbonyl (C=O) groups excluding carboxylic acids is 2. The van der Waals surface area contributed by atoms with Crippen LogP contribution in [0.2, 0.25) is 0 Å². The second-order valence-electron chi connectivity index (χ2n) is 7.11. The average molecular weight is 369 g/mol. The number of hydrogen-bond donors (Lipinski definition) is 2. The molecule has 144 valence electrons. The summed E-state index contributed by atoms with van der Waals surface area (Å²) in [7, 11) is 1.63. The summed E-state index contributed by atoms with van der Waals surface area (Å²) < 4.78 is 5.19. The van der Waals surface area contributed by atoms with Crippen LogP contribution in [-0.4, -0.2) is 41.9 Å². The number of methoxy groups -OCH3 is 1. The van der Waals surface area contributed by atoms with Crippen molar-refractivity contribution in [1.82, 2.24) is 9.88 Å². The van der Waals surface area contributed by atoms with Gasteiger partial charge in [0.2, 0.25) is 5.91 Å². The molecule has 27 heavy (non-hydrogen) atoms. The molecule has 1 fully saturated rings. The highest BCUT2D eigenvalue weighted by Gasteiger charge is 2.25. The minimum atomic E-state index is 0.0103. The number of nitrogens with one attached hydrogen (secondary N) is 2. The largest absolute Gasteiger partial charge is 0.497 e. The van der Waals surface area contributed by atoms with E-state index in [1.54, 1.807) is 19.4 Å². The molecule has 0 saturated carbocycles. The van der Waals surface area contributed by atoms with Crippen molar-refractivity contribution in [2.75, 3.05) is 25.5 Å². The van der Waals surface area contributed by atoms with E-state index in [2.05, 4.69) is 10.3 Å². The van der Waals surface area contributed by atoms with Gasteiger partial charge in [0.15, 0.2) is 0 Å². The SMILES string of the molecule is COc1ccc(NC(=O)CC[C@@H]2CCCN(C(=O)c3ccc[nH]3)C2)c(C)c1. The fourth-order valence-electron chi connectivity index (χ4n) is 3.57. The van der Waals surface area contributed by atoms with Crippen LogP contribution in [0.4, 0.5) is 5.69 Å². The maximum atomic E-state index is 12.5. The number of benzene rings is 1. The molecule has 2 aromatic rings. The molecule has 6 nitrogen and oxygen atoms in total. The predicted molar refractivity (Wildman–Crippen MR) is 105 cm³/mol. The molecule has 1 aliphatic heterocycles. The van der Waals surface area contributed by atoms with Crippen molar-refractivity contribution in [3.63, 3.8) is 0 Å². The standard InChI is InChI=1S/C21H27N3O3/c1-15-13-17(27-2)8-9-18(15)23-20(25)10-7-16-5-4-12-24(14-16)21(26)19-6-3-11-22-19/h3,6,8-9,11,13,16,22H,4-5,7,10,12,14H2,1-2H3,(H,23,25)/t16-/m0/s1. The molecular formula is C21H27N3O3. The molecule has 1 saturated heterocycles. The fraction of sp³-hybridized carbons (Fsp3) is 0.429. The number of anilines is 1. The summed E-state index contributed by atoms with van der Waals surface area (Å²) in [5.74, 6) is 1.19. The molecule has 2 N–H and O–H groups in total. The van der Waals surface area contributed by atoms with Crippen LogP contribution in [0.15, 0.2) is 36.5 Å². The van der Waals surface area contributed by atoms with Gasteiger partial charge in [-0.2, -0.15) is 0 Å². The summed E-state index contributed by atoms with van der Waals surface area (Å²) in [5, 5.41) is 2.98. The molecule has 3 rings (SSSR count). The predicted octanol–water partition coefficient (Wildman–Crippen LogP) is 3.60. The average Bonchev–Trinajstić information content (AvgIpc) is 3.22. The van der Waals surface area contributed by atoms with Crippen LogP contribution in [0, 0.1) is 12.8 Å². The summed E-state index contributed by atoms with van der Waals surface area (Å²) in [6.45, 7) is 3.45. The van der Waals surface area contributed by atoms with E-state index in [1.165, 1.54) is 0 Å². The normalized spacial score (nSPS) is 16.8. The third-order valence-electron chi connectivity index (χ3n) is 5.12. The molecule has 2 amide bonds. The lowest BCUT2D eigenvalue weighted by atomic mass is 9.93. The van der Waals surface area contributed by atoms with Crippen molar-refractivity contribution in [2.45, 2.75) is 32.6 Å². The molecule has 6 heteroatoms. The van der Waals surface area contributed by atoms with Crippen LogP contribution in [0.25, 0.3) is 0 Å². The van der Waals surface area contributed by atoms with Gasteiger partial charge in [0, 0.05) is 31.4 Å². The van der Waals surface area contributed by atoms with E-state index in [0.29, 0.717) is 24.6 Å². The van der Waals surface area contributed by atoms with Crippen LogP contribution in [0.1, 0.15) is 41.7 Å². The molecule has 0 spiro atoms. The third-order valence-corrected chi connectivity index (χ3v) is 5.12. The highest BCUT2D eigenvalue weighted by molar-refractivity contribution is 5.92. The Morgan fingerprint density at radius 3 is 2.89 bits per heavy atom. The van der Waals surface area contributed by atoms with Crippen molar-refractivity contribution in [3.8, 4) is 5.75 Å². The summed E-state index contributed by atoms with van der Waals surface area (Å²) in [6.07, 6.45) is 5.05. The van der Waals surface area contributed by atoms with E-state index in [4.69, 9.17) is 4.74 Å². The molecule has 0 aliphatic carbocycles. The first-order valence-electron chi connectivity index (χ1n) is 9.44. The summed E-state index contributed by atoms with van der Waals surface area (Å²) in [6, 6.07) is 9.24. The topological polar surface area (TPSA) is 74.4 Å². The lowest BCUT2D eigenvalue weighted by Crippen LogP contribution is -2.40. The van der Waals surface area contributed by atoms with Crippen molar-refractivity contribution in [1.29, 1.82) is 0 Å². The number of hydrogen-bond acceptors (Lipinski definition) is 3. The Kier molecular flexibility index (Phi) is 6.16. The monoisotopic (exact) mass is 369 g/mol. The van der Waals surface area contributed by atoms with Gasteiger partial charge in [-0.3, -0.25) is 9.59 Å². The van der Waals surface area contributed by atoms with Gasteiger partial charge in [0.25, 0.3) is 5.91 Å². The van der Waals surface area contributed by atoms with Crippen LogP contribution >= 0.6 is 0 Å². The van der Waals surface area contributed by atoms with Gasteiger partial charge in [-0.05, 0) is 68.0 Å². The third kappa shape index (κ3) is 4.90. The van der Waals surface area contributed by atoms with E-state index in [-0.39, 0.29) is 11.8 Å². The molecule has 0 unspecified atom stereocenters. The van der Waals surface area contributed by atoms with E-state index in [9.17, 15) is 9.59 Å². The second-order valence-corrected chi connectivity index (χ2v) is 7.11. The Balaban J connectivity index is 1.49. The van der Waals surface area contributed by atoms with Crippen LogP contribution in [0.5, 0.6) is 5.75 Å². The number of aromatic amines is 1. The number of nitrogens with zero attached hydrogens (tertiary/aromatic N) is 1. The molecule has 1 aromatic heterocycles. The van der Waals surface area contributed by atoms with Gasteiger partial charge in [0.05, 0.1) is 7.11 Å². The quantitative estimate of drug-likeness (QED) is 0.817. The van der Waals surface area contributed by atoms with Gasteiger partial charge >= 0.3 is 0 Å². The first-order valence-corrected chi connectivity index (χ1v) is 9.44. The second kappa shape index (κ2) is 8.75. The number of piperidine rings is 1. The Hall–Kier alpha value is -2.76. The highest BCUT2D eigenvalue weighted by atomic mass is 16.5. The van der Waals surface area contributed by atoms with E-state index in [0.717, 1.165) is 42.8 Å². The van der Waals surface area contributed by atoms with Crippen molar-refractivity contribution in [3.05, 3.63) is 47.8 Å². The Labute approximate surface area is 159 Å². The van der Waals surface area contributed by atoms with E-state index >= 15 is 0 Å². The Morgan fingerprint density at radius 2 is 2.19 bits per heavy atom. The number of H-pyrrole nitrogens is 1. The van der Waals surface area contributed by atoms with Gasteiger partial charge in [0.1, 0.15) is 11.4 Å². The Bertz CT molecular complexity index is 786. The van der Waals surface area contributed by atoms with Crippen molar-refractivity contribution < 1.29 is 14.3 Å². The molecule has 1 aromatic carbocycles. The minimum absolute atomic E-state index is 0.0103. The summed E-state index contributed by atoms with van der Waals surface area (Å²) in [4.78, 5) is 29.7. The number of carbonyl (C=O) groups is 2. The lowest BCUT2D eigenvalue weighted by Gasteiger charge is -2.32. The smallest absolute Gasteiger partial charge is 0.270 e. The maximum absolute atomic E-state index is 12.5. The van der Waals surface area contributed by atoms with Gasteiger partial charge < -0.3 is 19.9 Å². The molecule has 0 bridgehead atoms. The number of amides is 2. The van der Waals surface area contributed by atoms with E-state index in [1.807, 2.05) is 36.1 Å². The van der Waals surface area contributed by atoms with Crippen LogP contribution < -0.4 is 10.1 Å². The van der Waals surface area contributed by atoms with Gasteiger partial charge in [-0.1, -0.05) is 0 Å². The molecule has 2 heterocycles. The minimum Gasteiger partial charge on any atom is -0.497 e.